The summed E-state index contributed by atoms with van der Waals surface area (Å²) in [5, 5.41) is 2.46. The number of benzene rings is 7. The maximum absolute atomic E-state index is 14.0. The zero-order valence-electron chi connectivity index (χ0n) is 27.6. The highest BCUT2D eigenvalue weighted by Gasteiger charge is 2.36. The Labute approximate surface area is 294 Å². The number of anilines is 6. The second-order valence-electron chi connectivity index (χ2n) is 13.3. The second-order valence-corrected chi connectivity index (χ2v) is 14.4. The maximum Gasteiger partial charge on any atom is 0.123 e. The van der Waals surface area contributed by atoms with Gasteiger partial charge in [-0.2, -0.15) is 0 Å². The highest BCUT2D eigenvalue weighted by atomic mass is 32.1. The predicted octanol–water partition coefficient (Wildman–Crippen LogP) is 13.6. The lowest BCUT2D eigenvalue weighted by atomic mass is 9.73. The van der Waals surface area contributed by atoms with Gasteiger partial charge in [-0.25, -0.2) is 8.78 Å². The van der Waals surface area contributed by atoms with Crippen LogP contribution in [0.15, 0.2) is 158 Å². The zero-order chi connectivity index (χ0) is 34.0. The van der Waals surface area contributed by atoms with E-state index in [1.165, 1.54) is 66.9 Å². The van der Waals surface area contributed by atoms with Crippen LogP contribution < -0.4 is 9.80 Å². The van der Waals surface area contributed by atoms with E-state index in [2.05, 4.69) is 128 Å². The van der Waals surface area contributed by atoms with Crippen molar-refractivity contribution in [2.75, 3.05) is 9.80 Å². The Bertz CT molecular complexity index is 2440. The number of hydrogen-bond donors (Lipinski definition) is 0. The first-order valence-electron chi connectivity index (χ1n) is 16.7. The van der Waals surface area contributed by atoms with Crippen LogP contribution in [0.1, 0.15) is 25.0 Å². The average molecular weight is 671 g/mol. The first kappa shape index (κ1) is 30.3. The van der Waals surface area contributed by atoms with E-state index in [9.17, 15) is 8.78 Å². The molecule has 2 nitrogen and oxygen atoms in total. The Hall–Kier alpha value is -5.78. The largest absolute Gasteiger partial charge is 0.310 e. The third-order valence-electron chi connectivity index (χ3n) is 9.96. The summed E-state index contributed by atoms with van der Waals surface area (Å²) in [6.45, 7) is 4.62. The lowest BCUT2D eigenvalue weighted by Gasteiger charge is -2.42. The Balaban J connectivity index is 1.24. The number of fused-ring (bicyclic) bond motifs is 5. The monoisotopic (exact) mass is 670 g/mol. The van der Waals surface area contributed by atoms with Crippen molar-refractivity contribution in [3.05, 3.63) is 180 Å². The van der Waals surface area contributed by atoms with Gasteiger partial charge in [0.25, 0.3) is 0 Å². The molecule has 2 heterocycles. The van der Waals surface area contributed by atoms with Crippen LogP contribution in [0.5, 0.6) is 0 Å². The summed E-state index contributed by atoms with van der Waals surface area (Å²) < 4.78 is 30.4. The molecule has 1 aliphatic heterocycles. The molecule has 1 aliphatic rings. The second kappa shape index (κ2) is 11.7. The minimum atomic E-state index is -0.307. The van der Waals surface area contributed by atoms with Crippen LogP contribution in [0, 0.1) is 11.6 Å². The fraction of sp³-hybridized carbons (Fsp3) is 0.0667. The molecule has 5 heteroatoms. The van der Waals surface area contributed by atoms with E-state index in [-0.39, 0.29) is 17.0 Å². The molecule has 0 aliphatic carbocycles. The zero-order valence-corrected chi connectivity index (χ0v) is 28.4. The highest BCUT2D eigenvalue weighted by Crippen LogP contribution is 2.53. The van der Waals surface area contributed by atoms with Crippen molar-refractivity contribution in [2.24, 2.45) is 0 Å². The van der Waals surface area contributed by atoms with Crippen molar-refractivity contribution >= 4 is 65.6 Å². The summed E-state index contributed by atoms with van der Waals surface area (Å²) in [4.78, 5) is 4.43. The van der Waals surface area contributed by atoms with E-state index in [0.29, 0.717) is 0 Å². The first-order valence-corrected chi connectivity index (χ1v) is 17.5. The van der Waals surface area contributed by atoms with Crippen LogP contribution in [0.2, 0.25) is 0 Å². The van der Waals surface area contributed by atoms with Crippen molar-refractivity contribution in [1.29, 1.82) is 0 Å². The van der Waals surface area contributed by atoms with Gasteiger partial charge in [-0.1, -0.05) is 80.6 Å². The SMILES string of the molecule is CC1(C)c2ccccc2N(c2cc(-c3ccc(N(c4ccc(F)cc4)c4ccc(F)cc4)cc3)c3sc4ccccc4c3c2)c2ccccc21. The molecule has 0 N–H and O–H groups in total. The van der Waals surface area contributed by atoms with Crippen LogP contribution in [0.4, 0.5) is 42.9 Å². The van der Waals surface area contributed by atoms with Crippen molar-refractivity contribution < 1.29 is 8.78 Å². The van der Waals surface area contributed by atoms with Crippen molar-refractivity contribution in [3.63, 3.8) is 0 Å². The molecule has 242 valence electrons. The number of halogens is 2. The van der Waals surface area contributed by atoms with Crippen LogP contribution in [-0.2, 0) is 5.41 Å². The topological polar surface area (TPSA) is 6.48 Å². The summed E-state index contributed by atoms with van der Waals surface area (Å²) in [7, 11) is 0. The van der Waals surface area contributed by atoms with Gasteiger partial charge in [-0.3, -0.25) is 0 Å². The Morgan fingerprint density at radius 2 is 1.04 bits per heavy atom. The normalized spacial score (nSPS) is 13.3. The summed E-state index contributed by atoms with van der Waals surface area (Å²) in [5.41, 5.74) is 10.6. The smallest absolute Gasteiger partial charge is 0.123 e. The number of thiophene rings is 1. The van der Waals surface area contributed by atoms with E-state index in [1.54, 1.807) is 24.3 Å². The lowest BCUT2D eigenvalue weighted by Crippen LogP contribution is -2.30. The van der Waals surface area contributed by atoms with E-state index in [4.69, 9.17) is 0 Å². The van der Waals surface area contributed by atoms with E-state index in [1.807, 2.05) is 16.2 Å². The van der Waals surface area contributed by atoms with Gasteiger partial charge in [0.1, 0.15) is 11.6 Å². The van der Waals surface area contributed by atoms with Crippen molar-refractivity contribution in [3.8, 4) is 11.1 Å². The molecule has 1 aromatic heterocycles. The number of para-hydroxylation sites is 2. The molecule has 0 fully saturated rings. The Morgan fingerprint density at radius 1 is 0.540 bits per heavy atom. The molecular weight excluding hydrogens is 639 g/mol. The minimum Gasteiger partial charge on any atom is -0.310 e. The number of nitrogens with zero attached hydrogens (tertiary/aromatic N) is 2. The van der Waals surface area contributed by atoms with Crippen LogP contribution in [-0.4, -0.2) is 0 Å². The highest BCUT2D eigenvalue weighted by molar-refractivity contribution is 7.26. The molecule has 0 saturated carbocycles. The van der Waals surface area contributed by atoms with Crippen LogP contribution >= 0.6 is 11.3 Å². The lowest BCUT2D eigenvalue weighted by molar-refractivity contribution is 0.628. The van der Waals surface area contributed by atoms with Crippen LogP contribution in [0.3, 0.4) is 0 Å². The maximum atomic E-state index is 14.0. The van der Waals surface area contributed by atoms with Gasteiger partial charge in [0.05, 0.1) is 11.4 Å². The molecule has 0 spiro atoms. The molecule has 0 unspecified atom stereocenters. The fourth-order valence-electron chi connectivity index (χ4n) is 7.52. The third-order valence-corrected chi connectivity index (χ3v) is 11.2. The Morgan fingerprint density at radius 3 is 1.62 bits per heavy atom. The van der Waals surface area contributed by atoms with Gasteiger partial charge in [0.15, 0.2) is 0 Å². The molecule has 8 aromatic rings. The number of hydrogen-bond acceptors (Lipinski definition) is 3. The summed E-state index contributed by atoms with van der Waals surface area (Å²) in [6, 6.07) is 52.0. The molecule has 0 amide bonds. The molecule has 0 atom stereocenters. The molecular formula is C45H32F2N2S. The third kappa shape index (κ3) is 4.88. The van der Waals surface area contributed by atoms with Gasteiger partial charge in [-0.05, 0) is 108 Å². The van der Waals surface area contributed by atoms with Gasteiger partial charge < -0.3 is 9.80 Å². The molecule has 7 aromatic carbocycles. The average Bonchev–Trinajstić information content (AvgIpc) is 3.52. The fourth-order valence-corrected chi connectivity index (χ4v) is 8.74. The quantitative estimate of drug-likeness (QED) is 0.180. The minimum absolute atomic E-state index is 0.150. The molecule has 0 saturated heterocycles. The van der Waals surface area contributed by atoms with E-state index < -0.39 is 0 Å². The van der Waals surface area contributed by atoms with Crippen molar-refractivity contribution in [2.45, 2.75) is 19.3 Å². The van der Waals surface area contributed by atoms with Crippen LogP contribution in [0.25, 0.3) is 31.3 Å². The molecule has 0 bridgehead atoms. The molecule has 9 rings (SSSR count). The summed E-state index contributed by atoms with van der Waals surface area (Å²) >= 11 is 1.82. The van der Waals surface area contributed by atoms with Gasteiger partial charge >= 0.3 is 0 Å². The Kier molecular flexibility index (Phi) is 7.08. The molecule has 0 radical (unpaired) electrons. The summed E-state index contributed by atoms with van der Waals surface area (Å²) in [5.74, 6) is -0.615. The molecule has 50 heavy (non-hydrogen) atoms. The predicted molar refractivity (Wildman–Crippen MR) is 206 cm³/mol. The van der Waals surface area contributed by atoms with E-state index >= 15 is 0 Å². The first-order chi connectivity index (χ1) is 24.4. The van der Waals surface area contributed by atoms with Crippen molar-refractivity contribution in [1.82, 2.24) is 0 Å². The van der Waals surface area contributed by atoms with Gasteiger partial charge in [0.2, 0.25) is 0 Å². The summed E-state index contributed by atoms with van der Waals surface area (Å²) in [6.07, 6.45) is 0. The van der Waals surface area contributed by atoms with Gasteiger partial charge in [0, 0.05) is 53.9 Å². The van der Waals surface area contributed by atoms with Gasteiger partial charge in [-0.15, -0.1) is 11.3 Å². The van der Waals surface area contributed by atoms with E-state index in [0.717, 1.165) is 33.9 Å². The standard InChI is InChI=1S/C45H32F2N2S/c1-45(2)39-10-4-6-12-41(39)49(42-13-7-5-11-40(42)45)35-27-37(44-38(28-35)36-9-3-8-14-43(36)50-44)29-15-21-32(22-16-29)48(33-23-17-30(46)18-24-33)34-25-19-31(47)20-26-34/h3-28H,1-2H3. The number of rotatable bonds is 5.